The average Bonchev–Trinajstić information content (AvgIpc) is 2.95. The van der Waals surface area contributed by atoms with Crippen molar-refractivity contribution in [2.24, 2.45) is 0 Å². The lowest BCUT2D eigenvalue weighted by Gasteiger charge is -2.16. The number of nitrogens with zero attached hydrogens (tertiary/aromatic N) is 2. The molecule has 0 radical (unpaired) electrons. The van der Waals surface area contributed by atoms with Crippen molar-refractivity contribution in [3.05, 3.63) is 21.2 Å². The highest BCUT2D eigenvalue weighted by atomic mass is 32.1. The number of nitrogens with one attached hydrogen (secondary N) is 2. The third-order valence-corrected chi connectivity index (χ3v) is 4.42. The number of H-pyrrole nitrogens is 1. The van der Waals surface area contributed by atoms with Gasteiger partial charge in [0.2, 0.25) is 0 Å². The number of fused-ring (bicyclic) bond motifs is 1. The van der Waals surface area contributed by atoms with E-state index < -0.39 is 0 Å². The average molecular weight is 278 g/mol. The molecule has 5 nitrogen and oxygen atoms in total. The third kappa shape index (κ3) is 2.30. The molecule has 1 saturated heterocycles. The fourth-order valence-corrected chi connectivity index (χ4v) is 3.30. The molecule has 0 aromatic carbocycles. The van der Waals surface area contributed by atoms with Gasteiger partial charge in [-0.3, -0.25) is 4.79 Å². The highest BCUT2D eigenvalue weighted by molar-refractivity contribution is 7.18. The molecule has 2 aromatic rings. The molecule has 19 heavy (non-hydrogen) atoms. The number of hydrogen-bond donors (Lipinski definition) is 2. The fraction of sp³-hybridized carbons (Fsp3) is 0.615. The van der Waals surface area contributed by atoms with Gasteiger partial charge >= 0.3 is 0 Å². The van der Waals surface area contributed by atoms with E-state index in [4.69, 9.17) is 0 Å². The summed E-state index contributed by atoms with van der Waals surface area (Å²) >= 11 is 1.53. The molecule has 0 saturated carbocycles. The molecule has 1 fully saturated rings. The molecular weight excluding hydrogens is 260 g/mol. The maximum atomic E-state index is 12.1. The van der Waals surface area contributed by atoms with Crippen LogP contribution in [0.5, 0.6) is 0 Å². The van der Waals surface area contributed by atoms with Gasteiger partial charge in [0.05, 0.1) is 6.04 Å². The third-order valence-electron chi connectivity index (χ3n) is 3.35. The summed E-state index contributed by atoms with van der Waals surface area (Å²) in [5, 5.41) is 4.39. The fourth-order valence-electron chi connectivity index (χ4n) is 2.25. The molecule has 0 spiro atoms. The van der Waals surface area contributed by atoms with Gasteiger partial charge in [0.15, 0.2) is 10.3 Å². The Hall–Kier alpha value is -1.27. The zero-order chi connectivity index (χ0) is 13.6. The maximum absolute atomic E-state index is 12.1. The van der Waals surface area contributed by atoms with Crippen LogP contribution >= 0.6 is 11.3 Å². The first kappa shape index (κ1) is 12.7. The first-order chi connectivity index (χ1) is 8.95. The number of hydrogen-bond acceptors (Lipinski definition) is 5. The Morgan fingerprint density at radius 1 is 1.32 bits per heavy atom. The second-order valence-electron chi connectivity index (χ2n) is 6.02. The number of aromatic nitrogens is 3. The summed E-state index contributed by atoms with van der Waals surface area (Å²) in [6.07, 6.45) is 2.25. The second kappa shape index (κ2) is 4.38. The van der Waals surface area contributed by atoms with Crippen LogP contribution in [0.15, 0.2) is 4.79 Å². The summed E-state index contributed by atoms with van der Waals surface area (Å²) in [7, 11) is 0. The Bertz CT molecular complexity index is 661. The van der Waals surface area contributed by atoms with E-state index in [9.17, 15) is 4.79 Å². The largest absolute Gasteiger partial charge is 0.308 e. The van der Waals surface area contributed by atoms with Crippen LogP contribution in [0, 0.1) is 0 Å². The SMILES string of the molecule is CC(C)(C)c1nc2sc(C3CCCN3)nc2c(=O)[nH]1. The minimum atomic E-state index is -0.164. The topological polar surface area (TPSA) is 70.7 Å². The van der Waals surface area contributed by atoms with Crippen molar-refractivity contribution in [1.29, 1.82) is 0 Å². The normalized spacial score (nSPS) is 20.3. The predicted molar refractivity (Wildman–Crippen MR) is 76.7 cm³/mol. The van der Waals surface area contributed by atoms with Gasteiger partial charge in [0, 0.05) is 5.41 Å². The van der Waals surface area contributed by atoms with Gasteiger partial charge in [-0.1, -0.05) is 32.1 Å². The van der Waals surface area contributed by atoms with Crippen molar-refractivity contribution in [3.63, 3.8) is 0 Å². The first-order valence-electron chi connectivity index (χ1n) is 6.60. The van der Waals surface area contributed by atoms with E-state index in [0.717, 1.165) is 35.0 Å². The smallest absolute Gasteiger partial charge is 0.278 e. The summed E-state index contributed by atoms with van der Waals surface area (Å²) in [6.45, 7) is 7.14. The van der Waals surface area contributed by atoms with Gasteiger partial charge < -0.3 is 10.3 Å². The molecule has 102 valence electrons. The van der Waals surface area contributed by atoms with Crippen molar-refractivity contribution >= 4 is 21.7 Å². The van der Waals surface area contributed by atoms with Gasteiger partial charge in [-0.15, -0.1) is 0 Å². The first-order valence-corrected chi connectivity index (χ1v) is 7.41. The molecule has 0 bridgehead atoms. The van der Waals surface area contributed by atoms with Crippen molar-refractivity contribution in [2.45, 2.75) is 45.1 Å². The summed E-state index contributed by atoms with van der Waals surface area (Å²) in [4.78, 5) is 24.7. The highest BCUT2D eigenvalue weighted by Crippen LogP contribution is 2.29. The van der Waals surface area contributed by atoms with Crippen molar-refractivity contribution in [2.75, 3.05) is 6.54 Å². The molecule has 1 aliphatic heterocycles. The monoisotopic (exact) mass is 278 g/mol. The summed E-state index contributed by atoms with van der Waals surface area (Å²) in [5.41, 5.74) is 0.181. The zero-order valence-corrected chi connectivity index (χ0v) is 12.2. The molecule has 0 aliphatic carbocycles. The lowest BCUT2D eigenvalue weighted by molar-refractivity contribution is 0.546. The molecule has 3 heterocycles. The lowest BCUT2D eigenvalue weighted by Crippen LogP contribution is -2.21. The van der Waals surface area contributed by atoms with Gasteiger partial charge in [-0.2, -0.15) is 0 Å². The van der Waals surface area contributed by atoms with Crippen molar-refractivity contribution in [3.8, 4) is 0 Å². The summed E-state index contributed by atoms with van der Waals surface area (Å²) in [5.74, 6) is 0.722. The Morgan fingerprint density at radius 2 is 2.11 bits per heavy atom. The number of aromatic amines is 1. The van der Waals surface area contributed by atoms with Gasteiger partial charge in [-0.05, 0) is 19.4 Å². The zero-order valence-electron chi connectivity index (χ0n) is 11.4. The van der Waals surface area contributed by atoms with Crippen LogP contribution in [0.4, 0.5) is 0 Å². The molecule has 0 amide bonds. The molecule has 1 unspecified atom stereocenters. The van der Waals surface area contributed by atoms with E-state index in [1.807, 2.05) is 20.8 Å². The van der Waals surface area contributed by atoms with E-state index >= 15 is 0 Å². The maximum Gasteiger partial charge on any atom is 0.278 e. The minimum absolute atomic E-state index is 0.129. The number of rotatable bonds is 1. The molecule has 6 heteroatoms. The molecule has 2 N–H and O–H groups in total. The number of thiazole rings is 1. The van der Waals surface area contributed by atoms with Crippen molar-refractivity contribution in [1.82, 2.24) is 20.3 Å². The summed E-state index contributed by atoms with van der Waals surface area (Å²) < 4.78 is 0. The van der Waals surface area contributed by atoms with E-state index in [0.29, 0.717) is 5.52 Å². The minimum Gasteiger partial charge on any atom is -0.308 e. The Morgan fingerprint density at radius 3 is 2.74 bits per heavy atom. The second-order valence-corrected chi connectivity index (χ2v) is 7.03. The van der Waals surface area contributed by atoms with E-state index in [1.165, 1.54) is 11.3 Å². The van der Waals surface area contributed by atoms with Crippen LogP contribution in [0.1, 0.15) is 50.5 Å². The van der Waals surface area contributed by atoms with Crippen LogP contribution in [-0.2, 0) is 5.41 Å². The highest BCUT2D eigenvalue weighted by Gasteiger charge is 2.23. The lowest BCUT2D eigenvalue weighted by atomic mass is 9.96. The Labute approximate surface area is 115 Å². The standard InChI is InChI=1S/C13H18N4OS/c1-13(2,3)12-16-9(18)8-11(17-12)19-10(15-8)7-5-4-6-14-7/h7,14H,4-6H2,1-3H3,(H,16,17,18). The van der Waals surface area contributed by atoms with Crippen LogP contribution in [-0.4, -0.2) is 21.5 Å². The molecule has 3 rings (SSSR count). The predicted octanol–water partition coefficient (Wildman–Crippen LogP) is 2.10. The van der Waals surface area contributed by atoms with Crippen LogP contribution in [0.2, 0.25) is 0 Å². The Kier molecular flexibility index (Phi) is 2.94. The molecular formula is C13H18N4OS. The van der Waals surface area contributed by atoms with Gasteiger partial charge in [0.25, 0.3) is 5.56 Å². The Balaban J connectivity index is 2.12. The quantitative estimate of drug-likeness (QED) is 0.838. The van der Waals surface area contributed by atoms with Crippen LogP contribution in [0.25, 0.3) is 10.3 Å². The summed E-state index contributed by atoms with van der Waals surface area (Å²) in [6, 6.07) is 0.289. The van der Waals surface area contributed by atoms with Gasteiger partial charge in [0.1, 0.15) is 10.8 Å². The molecule has 2 aromatic heterocycles. The van der Waals surface area contributed by atoms with Gasteiger partial charge in [-0.25, -0.2) is 9.97 Å². The molecule has 1 atom stereocenters. The van der Waals surface area contributed by atoms with E-state index in [-0.39, 0.29) is 17.0 Å². The van der Waals surface area contributed by atoms with E-state index in [1.54, 1.807) is 0 Å². The van der Waals surface area contributed by atoms with Crippen molar-refractivity contribution < 1.29 is 0 Å². The van der Waals surface area contributed by atoms with E-state index in [2.05, 4.69) is 20.3 Å². The van der Waals surface area contributed by atoms with Crippen LogP contribution < -0.4 is 10.9 Å². The van der Waals surface area contributed by atoms with Crippen LogP contribution in [0.3, 0.4) is 0 Å². The molecule has 1 aliphatic rings.